The molecule has 0 radical (unpaired) electrons. The number of rotatable bonds is 7. The van der Waals surface area contributed by atoms with Gasteiger partial charge in [-0.05, 0) is 56.3 Å². The van der Waals surface area contributed by atoms with Gasteiger partial charge in [0.2, 0.25) is 0 Å². The van der Waals surface area contributed by atoms with Crippen molar-refractivity contribution in [3.8, 4) is 0 Å². The van der Waals surface area contributed by atoms with E-state index in [4.69, 9.17) is 0 Å². The van der Waals surface area contributed by atoms with Crippen LogP contribution in [0.4, 0.5) is 0 Å². The maximum absolute atomic E-state index is 3.54. The van der Waals surface area contributed by atoms with Crippen LogP contribution in [-0.2, 0) is 6.42 Å². The second-order valence-corrected chi connectivity index (χ2v) is 6.79. The quantitative estimate of drug-likeness (QED) is 0.825. The van der Waals surface area contributed by atoms with E-state index in [0.717, 1.165) is 24.9 Å². The number of nitrogens with zero attached hydrogens (tertiary/aromatic N) is 1. The molecule has 1 N–H and O–H groups in total. The summed E-state index contributed by atoms with van der Waals surface area (Å²) in [4.78, 5) is 2.72. The molecule has 1 aromatic rings. The molecular formula is C19H32N2. The summed E-state index contributed by atoms with van der Waals surface area (Å²) in [7, 11) is 0. The number of hydrogen-bond acceptors (Lipinski definition) is 2. The molecule has 21 heavy (non-hydrogen) atoms. The zero-order chi connectivity index (χ0) is 15.1. The van der Waals surface area contributed by atoms with E-state index >= 15 is 0 Å². The first-order valence-electron chi connectivity index (χ1n) is 8.69. The zero-order valence-electron chi connectivity index (χ0n) is 14.0. The highest BCUT2D eigenvalue weighted by Gasteiger charge is 2.26. The fraction of sp³-hybridized carbons (Fsp3) is 0.684. The molecule has 1 fully saturated rings. The van der Waals surface area contributed by atoms with Gasteiger partial charge in [-0.1, -0.05) is 51.1 Å². The smallest absolute Gasteiger partial charge is 0.0243 e. The summed E-state index contributed by atoms with van der Waals surface area (Å²) in [5.74, 6) is 1.60. The Balaban J connectivity index is 1.81. The van der Waals surface area contributed by atoms with Crippen LogP contribution < -0.4 is 5.32 Å². The minimum Gasteiger partial charge on any atom is -0.315 e. The maximum Gasteiger partial charge on any atom is 0.0243 e. The number of nitrogens with one attached hydrogen (secondary N) is 1. The molecule has 0 amide bonds. The summed E-state index contributed by atoms with van der Waals surface area (Å²) in [6.45, 7) is 11.7. The Morgan fingerprint density at radius 1 is 1.14 bits per heavy atom. The van der Waals surface area contributed by atoms with Crippen LogP contribution in [0.25, 0.3) is 0 Å². The molecule has 1 aliphatic rings. The normalized spacial score (nSPS) is 19.0. The molecule has 0 aromatic heterocycles. The Morgan fingerprint density at radius 3 is 2.38 bits per heavy atom. The lowest BCUT2D eigenvalue weighted by Crippen LogP contribution is -2.49. The number of hydrogen-bond donors (Lipinski definition) is 1. The van der Waals surface area contributed by atoms with Crippen molar-refractivity contribution in [1.82, 2.24) is 10.2 Å². The van der Waals surface area contributed by atoms with Gasteiger partial charge in [-0.15, -0.1) is 0 Å². The number of benzene rings is 1. The van der Waals surface area contributed by atoms with Gasteiger partial charge in [-0.3, -0.25) is 4.90 Å². The summed E-state index contributed by atoms with van der Waals surface area (Å²) in [5, 5.41) is 3.54. The van der Waals surface area contributed by atoms with Crippen molar-refractivity contribution in [1.29, 1.82) is 0 Å². The van der Waals surface area contributed by atoms with Crippen LogP contribution in [0, 0.1) is 11.8 Å². The van der Waals surface area contributed by atoms with Crippen LogP contribution in [0.15, 0.2) is 30.3 Å². The summed E-state index contributed by atoms with van der Waals surface area (Å²) in [5.41, 5.74) is 1.50. The van der Waals surface area contributed by atoms with Crippen LogP contribution in [0.1, 0.15) is 39.2 Å². The zero-order valence-corrected chi connectivity index (χ0v) is 14.0. The van der Waals surface area contributed by atoms with Crippen molar-refractivity contribution in [2.45, 2.75) is 46.1 Å². The Bertz CT molecular complexity index is 380. The van der Waals surface area contributed by atoms with E-state index in [1.54, 1.807) is 0 Å². The maximum atomic E-state index is 3.54. The summed E-state index contributed by atoms with van der Waals surface area (Å²) >= 11 is 0. The van der Waals surface area contributed by atoms with Gasteiger partial charge in [0, 0.05) is 12.6 Å². The molecule has 0 saturated carbocycles. The van der Waals surface area contributed by atoms with Crippen LogP contribution in [-0.4, -0.2) is 37.1 Å². The minimum absolute atomic E-state index is 0.697. The second kappa shape index (κ2) is 8.55. The summed E-state index contributed by atoms with van der Waals surface area (Å²) in [6.07, 6.45) is 3.96. The standard InChI is InChI=1S/C19H32N2/c1-4-20-15-19(16(2)3)21-12-10-18(11-13-21)14-17-8-6-5-7-9-17/h5-9,16,18-20H,4,10-15H2,1-3H3. The Hall–Kier alpha value is -0.860. The van der Waals surface area contributed by atoms with E-state index in [1.807, 2.05) is 0 Å². The largest absolute Gasteiger partial charge is 0.315 e. The van der Waals surface area contributed by atoms with E-state index < -0.39 is 0 Å². The summed E-state index contributed by atoms with van der Waals surface area (Å²) in [6, 6.07) is 11.7. The van der Waals surface area contributed by atoms with E-state index in [1.165, 1.54) is 37.9 Å². The SMILES string of the molecule is CCNCC(C(C)C)N1CCC(Cc2ccccc2)CC1. The van der Waals surface area contributed by atoms with E-state index in [9.17, 15) is 0 Å². The number of piperidine rings is 1. The first-order valence-corrected chi connectivity index (χ1v) is 8.69. The predicted molar refractivity (Wildman–Crippen MR) is 91.6 cm³/mol. The van der Waals surface area contributed by atoms with Gasteiger partial charge in [0.25, 0.3) is 0 Å². The van der Waals surface area contributed by atoms with Gasteiger partial charge in [0.15, 0.2) is 0 Å². The third-order valence-electron chi connectivity index (χ3n) is 4.86. The molecule has 1 saturated heterocycles. The van der Waals surface area contributed by atoms with Crippen molar-refractivity contribution in [3.05, 3.63) is 35.9 Å². The first kappa shape index (κ1) is 16.5. The molecule has 1 unspecified atom stereocenters. The van der Waals surface area contributed by atoms with Crippen LogP contribution >= 0.6 is 0 Å². The molecule has 1 atom stereocenters. The van der Waals surface area contributed by atoms with E-state index in [2.05, 4.69) is 61.3 Å². The third kappa shape index (κ3) is 5.12. The molecule has 118 valence electrons. The first-order chi connectivity index (χ1) is 10.2. The van der Waals surface area contributed by atoms with Crippen molar-refractivity contribution in [3.63, 3.8) is 0 Å². The highest BCUT2D eigenvalue weighted by molar-refractivity contribution is 5.15. The third-order valence-corrected chi connectivity index (χ3v) is 4.86. The molecule has 1 aliphatic heterocycles. The van der Waals surface area contributed by atoms with Crippen molar-refractivity contribution in [2.75, 3.05) is 26.2 Å². The predicted octanol–water partition coefficient (Wildman–Crippen LogP) is 3.58. The molecule has 2 rings (SSSR count). The van der Waals surface area contributed by atoms with Crippen molar-refractivity contribution >= 4 is 0 Å². The van der Waals surface area contributed by atoms with E-state index in [-0.39, 0.29) is 0 Å². The molecule has 1 heterocycles. The average molecular weight is 288 g/mol. The van der Waals surface area contributed by atoms with E-state index in [0.29, 0.717) is 6.04 Å². The Morgan fingerprint density at radius 2 is 1.81 bits per heavy atom. The minimum atomic E-state index is 0.697. The van der Waals surface area contributed by atoms with Crippen LogP contribution in [0.5, 0.6) is 0 Å². The van der Waals surface area contributed by atoms with Gasteiger partial charge < -0.3 is 5.32 Å². The topological polar surface area (TPSA) is 15.3 Å². The van der Waals surface area contributed by atoms with Crippen LogP contribution in [0.2, 0.25) is 0 Å². The van der Waals surface area contributed by atoms with Gasteiger partial charge >= 0.3 is 0 Å². The summed E-state index contributed by atoms with van der Waals surface area (Å²) < 4.78 is 0. The Labute approximate surface area is 130 Å². The molecule has 1 aromatic carbocycles. The van der Waals surface area contributed by atoms with Gasteiger partial charge in [0.05, 0.1) is 0 Å². The van der Waals surface area contributed by atoms with Gasteiger partial charge in [-0.25, -0.2) is 0 Å². The lowest BCUT2D eigenvalue weighted by atomic mass is 9.88. The van der Waals surface area contributed by atoms with Gasteiger partial charge in [-0.2, -0.15) is 0 Å². The van der Waals surface area contributed by atoms with Crippen LogP contribution in [0.3, 0.4) is 0 Å². The molecule has 0 aliphatic carbocycles. The lowest BCUT2D eigenvalue weighted by Gasteiger charge is -2.39. The monoisotopic (exact) mass is 288 g/mol. The number of likely N-dealkylation sites (N-methyl/N-ethyl adjacent to an activating group) is 1. The molecule has 0 spiro atoms. The molecule has 0 bridgehead atoms. The second-order valence-electron chi connectivity index (χ2n) is 6.79. The highest BCUT2D eigenvalue weighted by atomic mass is 15.2. The van der Waals surface area contributed by atoms with Crippen molar-refractivity contribution in [2.24, 2.45) is 11.8 Å². The average Bonchev–Trinajstić information content (AvgIpc) is 2.50. The fourth-order valence-corrected chi connectivity index (χ4v) is 3.51. The fourth-order valence-electron chi connectivity index (χ4n) is 3.51. The molecule has 2 nitrogen and oxygen atoms in total. The number of likely N-dealkylation sites (tertiary alicyclic amines) is 1. The van der Waals surface area contributed by atoms with Gasteiger partial charge in [0.1, 0.15) is 0 Å². The molecule has 2 heteroatoms. The van der Waals surface area contributed by atoms with Crippen molar-refractivity contribution < 1.29 is 0 Å². The Kier molecular flexibility index (Phi) is 6.72. The highest BCUT2D eigenvalue weighted by Crippen LogP contribution is 2.24. The molecular weight excluding hydrogens is 256 g/mol. The lowest BCUT2D eigenvalue weighted by molar-refractivity contribution is 0.103.